The van der Waals surface area contributed by atoms with E-state index >= 15 is 0 Å². The van der Waals surface area contributed by atoms with E-state index in [-0.39, 0.29) is 0 Å². The van der Waals surface area contributed by atoms with Crippen molar-refractivity contribution in [3.05, 3.63) is 23.6 Å². The molecule has 0 aromatic heterocycles. The van der Waals surface area contributed by atoms with Crippen LogP contribution in [0.15, 0.2) is 23.6 Å². The number of piperidine rings is 1. The van der Waals surface area contributed by atoms with Crippen LogP contribution in [0.25, 0.3) is 0 Å². The molecule has 2 saturated heterocycles. The highest BCUT2D eigenvalue weighted by molar-refractivity contribution is 5.24. The molecule has 3 rings (SSSR count). The molecule has 3 aliphatic rings. The van der Waals surface area contributed by atoms with Gasteiger partial charge >= 0.3 is 0 Å². The molecule has 118 valence electrons. The highest BCUT2D eigenvalue weighted by Crippen LogP contribution is 2.26. The minimum absolute atomic E-state index is 0.856. The Bertz CT molecular complexity index is 392. The zero-order valence-corrected chi connectivity index (χ0v) is 13.2. The minimum Gasteiger partial charge on any atom is -0.501 e. The van der Waals surface area contributed by atoms with Gasteiger partial charge in [-0.2, -0.15) is 0 Å². The molecule has 0 aromatic rings. The molecule has 0 amide bonds. The van der Waals surface area contributed by atoms with E-state index in [1.807, 2.05) is 0 Å². The van der Waals surface area contributed by atoms with Crippen molar-refractivity contribution in [2.24, 2.45) is 5.92 Å². The summed E-state index contributed by atoms with van der Waals surface area (Å²) in [4.78, 5) is 5.11. The zero-order valence-electron chi connectivity index (χ0n) is 13.2. The van der Waals surface area contributed by atoms with Gasteiger partial charge in [-0.25, -0.2) is 0 Å². The van der Waals surface area contributed by atoms with E-state index in [0.29, 0.717) is 0 Å². The fourth-order valence-electron chi connectivity index (χ4n) is 3.56. The monoisotopic (exact) mass is 292 g/mol. The van der Waals surface area contributed by atoms with Gasteiger partial charge in [0.1, 0.15) is 0 Å². The maximum Gasteiger partial charge on any atom is 0.0979 e. The molecule has 4 nitrogen and oxygen atoms in total. The van der Waals surface area contributed by atoms with Crippen molar-refractivity contribution in [1.29, 1.82) is 0 Å². The molecule has 0 radical (unpaired) electrons. The summed E-state index contributed by atoms with van der Waals surface area (Å²) >= 11 is 0. The lowest BCUT2D eigenvalue weighted by Gasteiger charge is -2.38. The van der Waals surface area contributed by atoms with E-state index in [9.17, 15) is 0 Å². The summed E-state index contributed by atoms with van der Waals surface area (Å²) < 4.78 is 10.8. The molecule has 0 aromatic carbocycles. The number of nitrogens with zero attached hydrogens (tertiary/aromatic N) is 2. The van der Waals surface area contributed by atoms with E-state index in [4.69, 9.17) is 9.47 Å². The Kier molecular flexibility index (Phi) is 5.20. The van der Waals surface area contributed by atoms with Crippen molar-refractivity contribution in [3.63, 3.8) is 0 Å². The Balaban J connectivity index is 1.46. The van der Waals surface area contributed by atoms with E-state index in [0.717, 1.165) is 50.8 Å². The normalized spacial score (nSPS) is 25.5. The van der Waals surface area contributed by atoms with Crippen LogP contribution in [0.1, 0.15) is 25.7 Å². The number of hydrogen-bond donors (Lipinski definition) is 0. The smallest absolute Gasteiger partial charge is 0.0979 e. The van der Waals surface area contributed by atoms with Gasteiger partial charge in [-0.3, -0.25) is 4.90 Å². The van der Waals surface area contributed by atoms with Gasteiger partial charge in [0, 0.05) is 44.8 Å². The summed E-state index contributed by atoms with van der Waals surface area (Å²) in [6.45, 7) is 7.70. The van der Waals surface area contributed by atoms with Crippen molar-refractivity contribution in [2.75, 3.05) is 53.0 Å². The molecule has 2 aliphatic heterocycles. The molecule has 0 unspecified atom stereocenters. The lowest BCUT2D eigenvalue weighted by Crippen LogP contribution is -2.42. The summed E-state index contributed by atoms with van der Waals surface area (Å²) in [6, 6.07) is 0. The molecule has 0 atom stereocenters. The fraction of sp³-hybridized carbons (Fsp3) is 0.765. The van der Waals surface area contributed by atoms with Crippen LogP contribution in [-0.4, -0.2) is 62.8 Å². The van der Waals surface area contributed by atoms with Crippen LogP contribution in [0.5, 0.6) is 0 Å². The highest BCUT2D eigenvalue weighted by Gasteiger charge is 2.23. The number of ether oxygens (including phenoxy) is 2. The van der Waals surface area contributed by atoms with Gasteiger partial charge in [-0.15, -0.1) is 0 Å². The van der Waals surface area contributed by atoms with Gasteiger partial charge in [-0.05, 0) is 31.3 Å². The second-order valence-electron chi connectivity index (χ2n) is 6.33. The second-order valence-corrected chi connectivity index (χ2v) is 6.33. The molecule has 2 heterocycles. The fourth-order valence-corrected chi connectivity index (χ4v) is 3.56. The number of likely N-dealkylation sites (tertiary alicyclic amines) is 1. The van der Waals surface area contributed by atoms with Gasteiger partial charge < -0.3 is 14.4 Å². The van der Waals surface area contributed by atoms with Crippen molar-refractivity contribution < 1.29 is 9.47 Å². The Labute approximate surface area is 128 Å². The molecular formula is C17H28N2O2. The van der Waals surface area contributed by atoms with Crippen molar-refractivity contribution in [2.45, 2.75) is 25.7 Å². The largest absolute Gasteiger partial charge is 0.501 e. The standard InChI is InChI=1S/C17H28N2O2/c1-20-17-4-2-3-16(13-17)19-7-5-15(6-8-19)14-18-9-11-21-12-10-18/h3,13,15H,2,4-12,14H2,1H3. The molecule has 2 fully saturated rings. The Morgan fingerprint density at radius 3 is 2.67 bits per heavy atom. The summed E-state index contributed by atoms with van der Waals surface area (Å²) in [7, 11) is 1.78. The minimum atomic E-state index is 0.856. The van der Waals surface area contributed by atoms with E-state index < -0.39 is 0 Å². The molecule has 0 bridgehead atoms. The maximum atomic E-state index is 5.43. The van der Waals surface area contributed by atoms with E-state index in [1.165, 1.54) is 38.2 Å². The predicted molar refractivity (Wildman–Crippen MR) is 84.0 cm³/mol. The number of rotatable bonds is 4. The SMILES string of the molecule is COC1=CC(N2CCC(CN3CCOCC3)CC2)=CCC1. The molecule has 0 spiro atoms. The Hall–Kier alpha value is -1.00. The molecule has 1 aliphatic carbocycles. The highest BCUT2D eigenvalue weighted by atomic mass is 16.5. The number of hydrogen-bond acceptors (Lipinski definition) is 4. The van der Waals surface area contributed by atoms with Crippen molar-refractivity contribution >= 4 is 0 Å². The summed E-state index contributed by atoms with van der Waals surface area (Å²) in [6.07, 6.45) is 9.38. The zero-order chi connectivity index (χ0) is 14.5. The summed E-state index contributed by atoms with van der Waals surface area (Å²) in [5.74, 6) is 1.98. The third-order valence-corrected chi connectivity index (χ3v) is 4.92. The van der Waals surface area contributed by atoms with Crippen molar-refractivity contribution in [3.8, 4) is 0 Å². The number of allylic oxidation sites excluding steroid dienone is 3. The van der Waals surface area contributed by atoms with Crippen LogP contribution in [0.3, 0.4) is 0 Å². The average Bonchev–Trinajstić information content (AvgIpc) is 2.56. The van der Waals surface area contributed by atoms with Crippen LogP contribution >= 0.6 is 0 Å². The van der Waals surface area contributed by atoms with Crippen LogP contribution in [0.4, 0.5) is 0 Å². The molecule has 0 saturated carbocycles. The summed E-state index contributed by atoms with van der Waals surface area (Å²) in [5.41, 5.74) is 1.38. The maximum absolute atomic E-state index is 5.43. The summed E-state index contributed by atoms with van der Waals surface area (Å²) in [5, 5.41) is 0. The first-order valence-corrected chi connectivity index (χ1v) is 8.35. The predicted octanol–water partition coefficient (Wildman–Crippen LogP) is 2.24. The number of morpholine rings is 1. The van der Waals surface area contributed by atoms with Crippen LogP contribution in [-0.2, 0) is 9.47 Å². The second kappa shape index (κ2) is 7.32. The first-order valence-electron chi connectivity index (χ1n) is 8.35. The molecular weight excluding hydrogens is 264 g/mol. The third-order valence-electron chi connectivity index (χ3n) is 4.92. The van der Waals surface area contributed by atoms with Gasteiger partial charge in [-0.1, -0.05) is 6.08 Å². The number of methoxy groups -OCH3 is 1. The third kappa shape index (κ3) is 4.01. The first kappa shape index (κ1) is 14.9. The van der Waals surface area contributed by atoms with Crippen molar-refractivity contribution in [1.82, 2.24) is 9.80 Å². The lowest BCUT2D eigenvalue weighted by molar-refractivity contribution is 0.0258. The molecule has 0 N–H and O–H groups in total. The topological polar surface area (TPSA) is 24.9 Å². The molecule has 21 heavy (non-hydrogen) atoms. The lowest BCUT2D eigenvalue weighted by atomic mass is 9.95. The van der Waals surface area contributed by atoms with Gasteiger partial charge in [0.25, 0.3) is 0 Å². The molecule has 4 heteroatoms. The average molecular weight is 292 g/mol. The Morgan fingerprint density at radius 2 is 1.95 bits per heavy atom. The Morgan fingerprint density at radius 1 is 1.19 bits per heavy atom. The van der Waals surface area contributed by atoms with Crippen LogP contribution in [0.2, 0.25) is 0 Å². The van der Waals surface area contributed by atoms with E-state index in [2.05, 4.69) is 22.0 Å². The van der Waals surface area contributed by atoms with E-state index in [1.54, 1.807) is 7.11 Å². The van der Waals surface area contributed by atoms with Crippen LogP contribution < -0.4 is 0 Å². The van der Waals surface area contributed by atoms with Gasteiger partial charge in [0.05, 0.1) is 26.1 Å². The van der Waals surface area contributed by atoms with Crippen LogP contribution in [0, 0.1) is 5.92 Å². The quantitative estimate of drug-likeness (QED) is 0.793. The van der Waals surface area contributed by atoms with Gasteiger partial charge in [0.2, 0.25) is 0 Å². The van der Waals surface area contributed by atoms with Gasteiger partial charge in [0.15, 0.2) is 0 Å². The first-order chi connectivity index (χ1) is 10.3.